The molecule has 0 aromatic heterocycles. The normalized spacial score (nSPS) is 19.0. The maximum atomic E-state index is 3.65. The second-order valence-corrected chi connectivity index (χ2v) is 6.10. The molecular weight excluding hydrogens is 351 g/mol. The van der Waals surface area contributed by atoms with Crippen LogP contribution in [0.2, 0.25) is 0 Å². The molecule has 1 aliphatic carbocycles. The third-order valence-electron chi connectivity index (χ3n) is 3.19. The van der Waals surface area contributed by atoms with Gasteiger partial charge in [0.05, 0.1) is 0 Å². The zero-order valence-electron chi connectivity index (χ0n) is 8.10. The van der Waals surface area contributed by atoms with Crippen molar-refractivity contribution in [1.82, 2.24) is 0 Å². The summed E-state index contributed by atoms with van der Waals surface area (Å²) >= 11 is 6.01. The smallest absolute Gasteiger partial charge is 0.0130 e. The average molecular weight is 365 g/mol. The van der Waals surface area contributed by atoms with Crippen molar-refractivity contribution in [2.45, 2.75) is 25.7 Å². The lowest BCUT2D eigenvalue weighted by Crippen LogP contribution is -2.33. The van der Waals surface area contributed by atoms with Gasteiger partial charge in [0.25, 0.3) is 0 Å². The summed E-state index contributed by atoms with van der Waals surface area (Å²) in [6.45, 7) is 0. The molecule has 0 heterocycles. The van der Waals surface area contributed by atoms with Crippen LogP contribution in [-0.2, 0) is 6.42 Å². The standard InChI is InChI=1S/C12H14BrI/c13-9-12(6-1-7-12)8-10-2-4-11(14)5-3-10/h2-5H,1,6-9H2. The Hall–Kier alpha value is 0.430. The topological polar surface area (TPSA) is 0 Å². The molecule has 0 amide bonds. The largest absolute Gasteiger partial charge is 0.0922 e. The molecule has 1 saturated carbocycles. The van der Waals surface area contributed by atoms with Crippen LogP contribution in [0.4, 0.5) is 0 Å². The molecule has 2 rings (SSSR count). The first kappa shape index (κ1) is 10.9. The summed E-state index contributed by atoms with van der Waals surface area (Å²) in [6.07, 6.45) is 5.44. The van der Waals surface area contributed by atoms with E-state index in [1.165, 1.54) is 34.8 Å². The molecule has 1 aromatic rings. The zero-order chi connectivity index (χ0) is 10.0. The first-order chi connectivity index (χ1) is 6.74. The highest BCUT2D eigenvalue weighted by Gasteiger charge is 2.35. The fourth-order valence-electron chi connectivity index (χ4n) is 2.07. The van der Waals surface area contributed by atoms with Crippen LogP contribution in [-0.4, -0.2) is 5.33 Å². The molecule has 1 aromatic carbocycles. The van der Waals surface area contributed by atoms with Gasteiger partial charge in [0.1, 0.15) is 0 Å². The van der Waals surface area contributed by atoms with Crippen LogP contribution in [0.5, 0.6) is 0 Å². The number of hydrogen-bond donors (Lipinski definition) is 0. The molecule has 2 heteroatoms. The van der Waals surface area contributed by atoms with Gasteiger partial charge in [-0.2, -0.15) is 0 Å². The Morgan fingerprint density at radius 3 is 2.29 bits per heavy atom. The van der Waals surface area contributed by atoms with E-state index < -0.39 is 0 Å². The van der Waals surface area contributed by atoms with Crippen molar-refractivity contribution in [2.24, 2.45) is 5.41 Å². The first-order valence-electron chi connectivity index (χ1n) is 5.05. The molecule has 0 spiro atoms. The number of hydrogen-bond acceptors (Lipinski definition) is 0. The summed E-state index contributed by atoms with van der Waals surface area (Å²) in [7, 11) is 0. The van der Waals surface area contributed by atoms with Crippen molar-refractivity contribution >= 4 is 38.5 Å². The van der Waals surface area contributed by atoms with E-state index in [1.54, 1.807) is 0 Å². The summed E-state index contributed by atoms with van der Waals surface area (Å²) < 4.78 is 1.33. The van der Waals surface area contributed by atoms with Crippen molar-refractivity contribution in [3.8, 4) is 0 Å². The van der Waals surface area contributed by atoms with E-state index in [0.29, 0.717) is 5.41 Å². The number of alkyl halides is 1. The van der Waals surface area contributed by atoms with Crippen LogP contribution < -0.4 is 0 Å². The minimum atomic E-state index is 0.576. The van der Waals surface area contributed by atoms with E-state index >= 15 is 0 Å². The summed E-state index contributed by atoms with van der Waals surface area (Å²) in [5, 5.41) is 1.16. The Balaban J connectivity index is 2.06. The van der Waals surface area contributed by atoms with Crippen LogP contribution in [0.1, 0.15) is 24.8 Å². The third kappa shape index (κ3) is 2.32. The average Bonchev–Trinajstić information content (AvgIpc) is 2.15. The number of benzene rings is 1. The highest BCUT2D eigenvalue weighted by Crippen LogP contribution is 2.44. The third-order valence-corrected chi connectivity index (χ3v) is 5.10. The zero-order valence-corrected chi connectivity index (χ0v) is 11.8. The van der Waals surface area contributed by atoms with E-state index in [1.807, 2.05) is 0 Å². The maximum Gasteiger partial charge on any atom is 0.0130 e. The molecule has 0 unspecified atom stereocenters. The van der Waals surface area contributed by atoms with Gasteiger partial charge in [-0.1, -0.05) is 34.5 Å². The summed E-state index contributed by atoms with van der Waals surface area (Å²) in [6, 6.07) is 8.95. The minimum Gasteiger partial charge on any atom is -0.0922 e. The van der Waals surface area contributed by atoms with Gasteiger partial charge < -0.3 is 0 Å². The fraction of sp³-hybridized carbons (Fsp3) is 0.500. The molecule has 0 aliphatic heterocycles. The predicted molar refractivity (Wildman–Crippen MR) is 72.9 cm³/mol. The van der Waals surface area contributed by atoms with E-state index in [-0.39, 0.29) is 0 Å². The van der Waals surface area contributed by atoms with E-state index in [2.05, 4.69) is 62.8 Å². The van der Waals surface area contributed by atoms with Crippen LogP contribution in [0, 0.1) is 8.99 Å². The Morgan fingerprint density at radius 2 is 1.86 bits per heavy atom. The van der Waals surface area contributed by atoms with Crippen molar-refractivity contribution in [1.29, 1.82) is 0 Å². The number of halogens is 2. The molecule has 1 fully saturated rings. The molecule has 0 N–H and O–H groups in total. The molecular formula is C12H14BrI. The highest BCUT2D eigenvalue weighted by molar-refractivity contribution is 14.1. The molecule has 0 bridgehead atoms. The van der Waals surface area contributed by atoms with Crippen molar-refractivity contribution in [3.05, 3.63) is 33.4 Å². The summed E-state index contributed by atoms with van der Waals surface area (Å²) in [5.74, 6) is 0. The second-order valence-electron chi connectivity index (χ2n) is 4.29. The maximum absolute atomic E-state index is 3.65. The Bertz CT molecular complexity index is 295. The lowest BCUT2D eigenvalue weighted by atomic mass is 9.67. The predicted octanol–water partition coefficient (Wildman–Crippen LogP) is 4.40. The van der Waals surface area contributed by atoms with E-state index in [0.717, 1.165) is 5.33 Å². The lowest BCUT2D eigenvalue weighted by Gasteiger charge is -2.40. The van der Waals surface area contributed by atoms with Gasteiger partial charge in [0.15, 0.2) is 0 Å². The van der Waals surface area contributed by atoms with Crippen molar-refractivity contribution in [2.75, 3.05) is 5.33 Å². The van der Waals surface area contributed by atoms with Gasteiger partial charge in [-0.25, -0.2) is 0 Å². The van der Waals surface area contributed by atoms with Gasteiger partial charge in [-0.15, -0.1) is 0 Å². The van der Waals surface area contributed by atoms with Gasteiger partial charge in [-0.05, 0) is 65.0 Å². The summed E-state index contributed by atoms with van der Waals surface area (Å²) in [5.41, 5.74) is 2.07. The molecule has 0 atom stereocenters. The Kier molecular flexibility index (Phi) is 3.53. The van der Waals surface area contributed by atoms with Crippen LogP contribution in [0.3, 0.4) is 0 Å². The number of rotatable bonds is 3. The highest BCUT2D eigenvalue weighted by atomic mass is 127. The first-order valence-corrected chi connectivity index (χ1v) is 7.25. The molecule has 0 radical (unpaired) electrons. The second kappa shape index (κ2) is 4.52. The summed E-state index contributed by atoms with van der Waals surface area (Å²) in [4.78, 5) is 0. The Morgan fingerprint density at radius 1 is 1.21 bits per heavy atom. The molecule has 14 heavy (non-hydrogen) atoms. The lowest BCUT2D eigenvalue weighted by molar-refractivity contribution is 0.170. The van der Waals surface area contributed by atoms with Gasteiger partial charge in [-0.3, -0.25) is 0 Å². The van der Waals surface area contributed by atoms with Gasteiger partial charge in [0.2, 0.25) is 0 Å². The van der Waals surface area contributed by atoms with Crippen molar-refractivity contribution < 1.29 is 0 Å². The van der Waals surface area contributed by atoms with Gasteiger partial charge >= 0.3 is 0 Å². The quantitative estimate of drug-likeness (QED) is 0.550. The van der Waals surface area contributed by atoms with Crippen molar-refractivity contribution in [3.63, 3.8) is 0 Å². The van der Waals surface area contributed by atoms with Crippen LogP contribution >= 0.6 is 38.5 Å². The van der Waals surface area contributed by atoms with E-state index in [4.69, 9.17) is 0 Å². The minimum absolute atomic E-state index is 0.576. The Labute approximate surface area is 108 Å². The molecule has 0 saturated heterocycles. The molecule has 0 nitrogen and oxygen atoms in total. The molecule has 1 aliphatic rings. The van der Waals surface area contributed by atoms with Crippen LogP contribution in [0.15, 0.2) is 24.3 Å². The SMILES string of the molecule is BrCC1(Cc2ccc(I)cc2)CCC1. The van der Waals surface area contributed by atoms with E-state index in [9.17, 15) is 0 Å². The monoisotopic (exact) mass is 364 g/mol. The molecule has 76 valence electrons. The van der Waals surface area contributed by atoms with Gasteiger partial charge in [0, 0.05) is 8.90 Å². The fourth-order valence-corrected chi connectivity index (χ4v) is 3.19. The van der Waals surface area contributed by atoms with Crippen LogP contribution in [0.25, 0.3) is 0 Å².